The molecular weight excluding hydrogens is 294 g/mol. The molecule has 2 amide bonds. The van der Waals surface area contributed by atoms with Crippen molar-refractivity contribution >= 4 is 12.0 Å². The molecule has 1 aromatic carbocycles. The summed E-state index contributed by atoms with van der Waals surface area (Å²) in [7, 11) is 1.28. The zero-order valence-electron chi connectivity index (χ0n) is 12.9. The molecule has 120 valence electrons. The highest BCUT2D eigenvalue weighted by Gasteiger charge is 2.31. The maximum atomic E-state index is 12.6. The maximum Gasteiger partial charge on any atom is 0.407 e. The number of amides is 2. The molecule has 1 aromatic heterocycles. The van der Waals surface area contributed by atoms with Crippen molar-refractivity contribution in [3.05, 3.63) is 59.9 Å². The van der Waals surface area contributed by atoms with Gasteiger partial charge in [-0.1, -0.05) is 30.3 Å². The standard InChI is InChI=1S/C17H19N3O3/c1-23-17(22)18-12-15(21)20-11-10-19-9-5-8-14(19)16(20)13-6-3-2-4-7-13/h2-9,16H,10-12H2,1H3,(H,18,22)/t16-/m0/s1. The van der Waals surface area contributed by atoms with Gasteiger partial charge in [-0.2, -0.15) is 0 Å². The molecule has 0 fully saturated rings. The van der Waals surface area contributed by atoms with Gasteiger partial charge in [0.1, 0.15) is 6.54 Å². The molecule has 0 saturated carbocycles. The van der Waals surface area contributed by atoms with Crippen LogP contribution in [0.3, 0.4) is 0 Å². The first-order chi connectivity index (χ1) is 11.2. The van der Waals surface area contributed by atoms with Gasteiger partial charge in [0.05, 0.1) is 13.2 Å². The molecule has 1 aliphatic rings. The van der Waals surface area contributed by atoms with E-state index in [0.717, 1.165) is 17.8 Å². The number of hydrogen-bond donors (Lipinski definition) is 1. The Balaban J connectivity index is 1.87. The molecule has 1 aliphatic heterocycles. The number of nitrogens with one attached hydrogen (secondary N) is 1. The molecule has 6 nitrogen and oxygen atoms in total. The Labute approximate surface area is 134 Å². The molecule has 2 aromatic rings. The van der Waals surface area contributed by atoms with Crippen molar-refractivity contribution in [2.75, 3.05) is 20.2 Å². The zero-order chi connectivity index (χ0) is 16.2. The van der Waals surface area contributed by atoms with Crippen LogP contribution in [0.4, 0.5) is 4.79 Å². The van der Waals surface area contributed by atoms with E-state index in [1.54, 1.807) is 4.90 Å². The summed E-state index contributed by atoms with van der Waals surface area (Å²) in [5.74, 6) is -0.128. The molecule has 2 heterocycles. The number of nitrogens with zero attached hydrogens (tertiary/aromatic N) is 2. The van der Waals surface area contributed by atoms with E-state index in [4.69, 9.17) is 0 Å². The van der Waals surface area contributed by atoms with Crippen molar-refractivity contribution in [2.24, 2.45) is 0 Å². The summed E-state index contributed by atoms with van der Waals surface area (Å²) >= 11 is 0. The van der Waals surface area contributed by atoms with Gasteiger partial charge in [0.15, 0.2) is 0 Å². The Bertz CT molecular complexity index is 696. The van der Waals surface area contributed by atoms with Gasteiger partial charge in [-0.25, -0.2) is 4.79 Å². The summed E-state index contributed by atoms with van der Waals surface area (Å²) in [4.78, 5) is 25.6. The Morgan fingerprint density at radius 2 is 1.96 bits per heavy atom. The third-order valence-corrected chi connectivity index (χ3v) is 4.04. The maximum absolute atomic E-state index is 12.6. The summed E-state index contributed by atoms with van der Waals surface area (Å²) in [6, 6.07) is 13.8. The molecule has 0 unspecified atom stereocenters. The molecule has 6 heteroatoms. The Morgan fingerprint density at radius 3 is 2.70 bits per heavy atom. The molecule has 0 aliphatic carbocycles. The number of hydrogen-bond acceptors (Lipinski definition) is 3. The first-order valence-electron chi connectivity index (χ1n) is 7.52. The van der Waals surface area contributed by atoms with E-state index in [-0.39, 0.29) is 18.5 Å². The SMILES string of the molecule is COC(=O)NCC(=O)N1CCn2cccc2[C@@H]1c1ccccc1. The summed E-state index contributed by atoms with van der Waals surface area (Å²) in [5, 5.41) is 2.46. The number of methoxy groups -OCH3 is 1. The van der Waals surface area contributed by atoms with Crippen LogP contribution in [0.5, 0.6) is 0 Å². The fraction of sp³-hybridized carbons (Fsp3) is 0.294. The van der Waals surface area contributed by atoms with Crippen molar-refractivity contribution in [3.8, 4) is 0 Å². The van der Waals surface area contributed by atoms with Crippen LogP contribution in [0.15, 0.2) is 48.7 Å². The van der Waals surface area contributed by atoms with Crippen LogP contribution in [0.1, 0.15) is 17.3 Å². The lowest BCUT2D eigenvalue weighted by Crippen LogP contribution is -2.46. The van der Waals surface area contributed by atoms with E-state index >= 15 is 0 Å². The Kier molecular flexibility index (Phi) is 4.32. The quantitative estimate of drug-likeness (QED) is 0.939. The molecule has 0 saturated heterocycles. The van der Waals surface area contributed by atoms with Gasteiger partial charge < -0.3 is 19.5 Å². The second-order valence-electron chi connectivity index (χ2n) is 5.37. The van der Waals surface area contributed by atoms with Gasteiger partial charge in [-0.3, -0.25) is 4.79 Å². The summed E-state index contributed by atoms with van der Waals surface area (Å²) in [5.41, 5.74) is 2.13. The monoisotopic (exact) mass is 313 g/mol. The highest BCUT2D eigenvalue weighted by atomic mass is 16.5. The number of fused-ring (bicyclic) bond motifs is 1. The Hall–Kier alpha value is -2.76. The number of benzene rings is 1. The van der Waals surface area contributed by atoms with Gasteiger partial charge in [-0.05, 0) is 17.7 Å². The van der Waals surface area contributed by atoms with E-state index in [9.17, 15) is 9.59 Å². The van der Waals surface area contributed by atoms with E-state index in [0.29, 0.717) is 6.54 Å². The van der Waals surface area contributed by atoms with Crippen LogP contribution in [0.2, 0.25) is 0 Å². The van der Waals surface area contributed by atoms with Gasteiger partial charge in [0.2, 0.25) is 5.91 Å². The van der Waals surface area contributed by atoms with Crippen molar-refractivity contribution in [3.63, 3.8) is 0 Å². The highest BCUT2D eigenvalue weighted by molar-refractivity contribution is 5.83. The first-order valence-corrected chi connectivity index (χ1v) is 7.52. The molecule has 0 spiro atoms. The molecule has 1 atom stereocenters. The van der Waals surface area contributed by atoms with Crippen molar-refractivity contribution in [1.29, 1.82) is 0 Å². The van der Waals surface area contributed by atoms with E-state index < -0.39 is 6.09 Å². The average molecular weight is 313 g/mol. The third-order valence-electron chi connectivity index (χ3n) is 4.04. The lowest BCUT2D eigenvalue weighted by atomic mass is 10.00. The van der Waals surface area contributed by atoms with Crippen LogP contribution in [-0.4, -0.2) is 41.7 Å². The van der Waals surface area contributed by atoms with Crippen LogP contribution >= 0.6 is 0 Å². The smallest absolute Gasteiger partial charge is 0.407 e. The largest absolute Gasteiger partial charge is 0.453 e. The molecular formula is C17H19N3O3. The third kappa shape index (κ3) is 3.06. The summed E-state index contributed by atoms with van der Waals surface area (Å²) < 4.78 is 6.68. The minimum atomic E-state index is -0.602. The highest BCUT2D eigenvalue weighted by Crippen LogP contribution is 2.32. The number of carbonyl (C=O) groups is 2. The van der Waals surface area contributed by atoms with E-state index in [1.165, 1.54) is 7.11 Å². The van der Waals surface area contributed by atoms with Crippen molar-refractivity contribution < 1.29 is 14.3 Å². The number of ether oxygens (including phenoxy) is 1. The lowest BCUT2D eigenvalue weighted by Gasteiger charge is -2.37. The molecule has 1 N–H and O–H groups in total. The van der Waals surface area contributed by atoms with E-state index in [1.807, 2.05) is 48.7 Å². The predicted octanol–water partition coefficient (Wildman–Crippen LogP) is 1.78. The molecule has 0 bridgehead atoms. The van der Waals surface area contributed by atoms with Gasteiger partial charge >= 0.3 is 6.09 Å². The predicted molar refractivity (Wildman–Crippen MR) is 84.8 cm³/mol. The van der Waals surface area contributed by atoms with Gasteiger partial charge in [0, 0.05) is 25.0 Å². The van der Waals surface area contributed by atoms with Crippen LogP contribution in [0, 0.1) is 0 Å². The molecule has 3 rings (SSSR count). The van der Waals surface area contributed by atoms with Crippen molar-refractivity contribution in [2.45, 2.75) is 12.6 Å². The second kappa shape index (κ2) is 6.56. The summed E-state index contributed by atoms with van der Waals surface area (Å²) in [6.07, 6.45) is 1.43. The summed E-state index contributed by atoms with van der Waals surface area (Å²) in [6.45, 7) is 1.27. The zero-order valence-corrected chi connectivity index (χ0v) is 12.9. The fourth-order valence-corrected chi connectivity index (χ4v) is 2.96. The minimum absolute atomic E-state index is 0.0727. The van der Waals surface area contributed by atoms with Crippen LogP contribution in [0.25, 0.3) is 0 Å². The minimum Gasteiger partial charge on any atom is -0.453 e. The van der Waals surface area contributed by atoms with Crippen LogP contribution in [-0.2, 0) is 16.1 Å². The average Bonchev–Trinajstić information content (AvgIpc) is 3.07. The normalized spacial score (nSPS) is 16.6. The number of rotatable bonds is 3. The first kappa shape index (κ1) is 15.1. The topological polar surface area (TPSA) is 63.6 Å². The van der Waals surface area contributed by atoms with Crippen LogP contribution < -0.4 is 5.32 Å². The molecule has 0 radical (unpaired) electrons. The van der Waals surface area contributed by atoms with E-state index in [2.05, 4.69) is 14.6 Å². The van der Waals surface area contributed by atoms with Gasteiger partial charge in [0.25, 0.3) is 0 Å². The number of alkyl carbamates (subject to hydrolysis) is 1. The number of carbonyl (C=O) groups excluding carboxylic acids is 2. The van der Waals surface area contributed by atoms with Crippen molar-refractivity contribution in [1.82, 2.24) is 14.8 Å². The molecule has 23 heavy (non-hydrogen) atoms. The lowest BCUT2D eigenvalue weighted by molar-refractivity contribution is -0.132. The fourth-order valence-electron chi connectivity index (χ4n) is 2.96. The Morgan fingerprint density at radius 1 is 1.17 bits per heavy atom. The second-order valence-corrected chi connectivity index (χ2v) is 5.37. The number of aromatic nitrogens is 1. The van der Waals surface area contributed by atoms with Gasteiger partial charge in [-0.15, -0.1) is 0 Å².